The van der Waals surface area contributed by atoms with E-state index in [0.29, 0.717) is 52.7 Å². The van der Waals surface area contributed by atoms with Crippen molar-refractivity contribution < 1.29 is 27.4 Å². The number of ether oxygens (including phenoxy) is 3. The number of hydrazone groups is 1. The molecule has 0 atom stereocenters. The smallest absolute Gasteiger partial charge is 0.264 e. The first-order valence-electron chi connectivity index (χ1n) is 13.7. The van der Waals surface area contributed by atoms with Gasteiger partial charge in [-0.1, -0.05) is 35.3 Å². The Hall–Kier alpha value is -4.25. The van der Waals surface area contributed by atoms with Crippen LogP contribution in [0.2, 0.25) is 10.0 Å². The highest BCUT2D eigenvalue weighted by Crippen LogP contribution is 2.29. The molecule has 0 radical (unpaired) electrons. The summed E-state index contributed by atoms with van der Waals surface area (Å²) in [4.78, 5) is 12.9. The Labute approximate surface area is 267 Å². The predicted molar refractivity (Wildman–Crippen MR) is 173 cm³/mol. The summed E-state index contributed by atoms with van der Waals surface area (Å²) in [5, 5.41) is 5.06. The number of carbonyl (C=O) groups is 1. The van der Waals surface area contributed by atoms with Gasteiger partial charge in [0.1, 0.15) is 18.9 Å². The van der Waals surface area contributed by atoms with Gasteiger partial charge >= 0.3 is 0 Å². The Morgan fingerprint density at radius 2 is 1.45 bits per heavy atom. The van der Waals surface area contributed by atoms with Crippen LogP contribution in [0.4, 0.5) is 5.69 Å². The number of hydrogen-bond acceptors (Lipinski definition) is 7. The van der Waals surface area contributed by atoms with Crippen LogP contribution < -0.4 is 23.9 Å². The highest BCUT2D eigenvalue weighted by molar-refractivity contribution is 7.92. The lowest BCUT2D eigenvalue weighted by molar-refractivity contribution is -0.119. The van der Waals surface area contributed by atoms with Crippen molar-refractivity contribution >= 4 is 51.0 Å². The molecule has 0 saturated carbocycles. The number of anilines is 1. The van der Waals surface area contributed by atoms with Gasteiger partial charge < -0.3 is 14.2 Å². The summed E-state index contributed by atoms with van der Waals surface area (Å²) in [6.07, 6.45) is 1.43. The van der Waals surface area contributed by atoms with E-state index in [9.17, 15) is 13.2 Å². The maximum absolute atomic E-state index is 13.6. The van der Waals surface area contributed by atoms with Crippen molar-refractivity contribution in [3.63, 3.8) is 0 Å². The molecule has 1 amide bonds. The maximum atomic E-state index is 13.6. The van der Waals surface area contributed by atoms with E-state index in [2.05, 4.69) is 10.5 Å². The van der Waals surface area contributed by atoms with Gasteiger partial charge in [-0.05, 0) is 104 Å². The molecule has 44 heavy (non-hydrogen) atoms. The average molecular weight is 657 g/mol. The van der Waals surface area contributed by atoms with Crippen LogP contribution in [0.5, 0.6) is 17.2 Å². The minimum atomic E-state index is -4.13. The molecule has 0 fully saturated rings. The number of benzene rings is 4. The summed E-state index contributed by atoms with van der Waals surface area (Å²) >= 11 is 11.9. The van der Waals surface area contributed by atoms with Crippen molar-refractivity contribution in [1.82, 2.24) is 5.43 Å². The topological polar surface area (TPSA) is 107 Å². The summed E-state index contributed by atoms with van der Waals surface area (Å²) < 4.78 is 45.3. The number of carbonyl (C=O) groups excluding carboxylic acids is 1. The van der Waals surface area contributed by atoms with Crippen LogP contribution in [0.1, 0.15) is 25.0 Å². The van der Waals surface area contributed by atoms with Crippen LogP contribution in [0.3, 0.4) is 0 Å². The van der Waals surface area contributed by atoms with Gasteiger partial charge in [-0.3, -0.25) is 9.10 Å². The first-order chi connectivity index (χ1) is 21.2. The molecule has 0 aliphatic rings. The van der Waals surface area contributed by atoms with Crippen molar-refractivity contribution in [2.24, 2.45) is 5.10 Å². The van der Waals surface area contributed by atoms with Gasteiger partial charge in [0.25, 0.3) is 15.9 Å². The molecule has 0 unspecified atom stereocenters. The molecular weight excluding hydrogens is 625 g/mol. The van der Waals surface area contributed by atoms with E-state index in [4.69, 9.17) is 37.4 Å². The maximum Gasteiger partial charge on any atom is 0.264 e. The Bertz CT molecular complexity index is 1680. The number of hydrogen-bond donors (Lipinski definition) is 1. The van der Waals surface area contributed by atoms with Crippen LogP contribution in [-0.2, 0) is 21.4 Å². The summed E-state index contributed by atoms with van der Waals surface area (Å²) in [6.45, 7) is 4.37. The predicted octanol–water partition coefficient (Wildman–Crippen LogP) is 6.72. The fraction of sp³-hybridized carbons (Fsp3) is 0.188. The second-order valence-corrected chi connectivity index (χ2v) is 12.0. The highest BCUT2D eigenvalue weighted by Gasteiger charge is 2.27. The minimum Gasteiger partial charge on any atom is -0.494 e. The van der Waals surface area contributed by atoms with E-state index < -0.39 is 22.5 Å². The van der Waals surface area contributed by atoms with Crippen molar-refractivity contribution in [1.29, 1.82) is 0 Å². The van der Waals surface area contributed by atoms with Crippen molar-refractivity contribution in [3.05, 3.63) is 112 Å². The van der Waals surface area contributed by atoms with Gasteiger partial charge in [0.05, 0.1) is 30.0 Å². The molecule has 0 bridgehead atoms. The van der Waals surface area contributed by atoms with Gasteiger partial charge in [0.15, 0.2) is 11.5 Å². The van der Waals surface area contributed by atoms with Crippen molar-refractivity contribution in [3.8, 4) is 17.2 Å². The summed E-state index contributed by atoms with van der Waals surface area (Å²) in [6, 6.07) is 24.7. The summed E-state index contributed by atoms with van der Waals surface area (Å²) in [5.74, 6) is 0.969. The Morgan fingerprint density at radius 1 is 0.818 bits per heavy atom. The molecule has 0 heterocycles. The van der Waals surface area contributed by atoms with Gasteiger partial charge in [-0.15, -0.1) is 0 Å². The summed E-state index contributed by atoms with van der Waals surface area (Å²) in [5.41, 5.74) is 4.26. The number of sulfonamides is 1. The van der Waals surface area contributed by atoms with E-state index in [1.807, 2.05) is 26.0 Å². The van der Waals surface area contributed by atoms with Gasteiger partial charge in [-0.25, -0.2) is 13.8 Å². The number of halogens is 2. The molecule has 0 aliphatic carbocycles. The fourth-order valence-electron chi connectivity index (χ4n) is 4.00. The van der Waals surface area contributed by atoms with Gasteiger partial charge in [0, 0.05) is 10.0 Å². The third-order valence-corrected chi connectivity index (χ3v) is 8.39. The molecule has 0 spiro atoms. The van der Waals surface area contributed by atoms with Gasteiger partial charge in [0.2, 0.25) is 0 Å². The van der Waals surface area contributed by atoms with E-state index in [-0.39, 0.29) is 10.6 Å². The first-order valence-corrected chi connectivity index (χ1v) is 15.9. The lowest BCUT2D eigenvalue weighted by Crippen LogP contribution is -2.39. The highest BCUT2D eigenvalue weighted by atomic mass is 35.5. The van der Waals surface area contributed by atoms with Gasteiger partial charge in [-0.2, -0.15) is 5.10 Å². The van der Waals surface area contributed by atoms with Crippen molar-refractivity contribution in [2.75, 3.05) is 24.1 Å². The molecule has 12 heteroatoms. The fourth-order valence-corrected chi connectivity index (χ4v) is 5.68. The third-order valence-electron chi connectivity index (χ3n) is 6.10. The van der Waals surface area contributed by atoms with Crippen LogP contribution in [0, 0.1) is 0 Å². The zero-order chi connectivity index (χ0) is 31.5. The molecule has 4 aromatic carbocycles. The van der Waals surface area contributed by atoms with E-state index in [1.165, 1.54) is 30.5 Å². The zero-order valence-corrected chi connectivity index (χ0v) is 26.4. The normalized spacial score (nSPS) is 11.3. The van der Waals surface area contributed by atoms with Crippen LogP contribution in [-0.4, -0.2) is 40.3 Å². The minimum absolute atomic E-state index is 0.0195. The standard InChI is InChI=1S/C32H31Cl2N3O6S/c1-3-41-28-14-12-27(13-15-28)37(44(39,40)29-16-10-26(34)11-17-29)21-32(38)36-35-20-24-7-18-30(31(19-24)42-4-2)43-22-23-5-8-25(33)9-6-23/h5-20H,3-4,21-22H2,1-2H3,(H,36,38)/b35-20-. The second kappa shape index (κ2) is 15.5. The van der Waals surface area contributed by atoms with Crippen LogP contribution in [0.15, 0.2) is 101 Å². The molecule has 4 aromatic rings. The van der Waals surface area contributed by atoms with Crippen LogP contribution >= 0.6 is 23.2 Å². The Balaban J connectivity index is 1.47. The van der Waals surface area contributed by atoms with E-state index in [1.54, 1.807) is 54.6 Å². The molecule has 0 aliphatic heterocycles. The zero-order valence-electron chi connectivity index (χ0n) is 24.1. The molecule has 9 nitrogen and oxygen atoms in total. The molecule has 230 valence electrons. The lowest BCUT2D eigenvalue weighted by Gasteiger charge is -2.24. The van der Waals surface area contributed by atoms with Crippen molar-refractivity contribution in [2.45, 2.75) is 25.3 Å². The number of nitrogens with one attached hydrogen (secondary N) is 1. The SMILES string of the molecule is CCOc1ccc(N(CC(=O)N/N=C\c2ccc(OCc3ccc(Cl)cc3)c(OCC)c2)S(=O)(=O)c2ccc(Cl)cc2)cc1. The largest absolute Gasteiger partial charge is 0.494 e. The van der Waals surface area contributed by atoms with E-state index >= 15 is 0 Å². The third kappa shape index (κ3) is 8.89. The molecule has 4 rings (SSSR count). The lowest BCUT2D eigenvalue weighted by atomic mass is 10.2. The molecule has 0 aromatic heterocycles. The Kier molecular flexibility index (Phi) is 11.5. The number of rotatable bonds is 14. The average Bonchev–Trinajstić information content (AvgIpc) is 3.01. The Morgan fingerprint density at radius 3 is 2.09 bits per heavy atom. The van der Waals surface area contributed by atoms with Crippen LogP contribution in [0.25, 0.3) is 0 Å². The second-order valence-electron chi connectivity index (χ2n) is 9.24. The number of amides is 1. The monoisotopic (exact) mass is 655 g/mol. The summed E-state index contributed by atoms with van der Waals surface area (Å²) in [7, 11) is -4.13. The first kappa shape index (κ1) is 32.7. The molecule has 1 N–H and O–H groups in total. The van der Waals surface area contributed by atoms with E-state index in [0.717, 1.165) is 9.87 Å². The molecule has 0 saturated heterocycles. The molecular formula is C32H31Cl2N3O6S. The quantitative estimate of drug-likeness (QED) is 0.119. The number of nitrogens with zero attached hydrogens (tertiary/aromatic N) is 2.